The van der Waals surface area contributed by atoms with Gasteiger partial charge in [0.1, 0.15) is 6.04 Å². The van der Waals surface area contributed by atoms with Crippen LogP contribution in [0.25, 0.3) is 0 Å². The number of nitrogens with one attached hydrogen (secondary N) is 1. The highest BCUT2D eigenvalue weighted by Crippen LogP contribution is 2.33. The van der Waals surface area contributed by atoms with Crippen LogP contribution in [0.4, 0.5) is 5.69 Å². The molecule has 0 aliphatic carbocycles. The van der Waals surface area contributed by atoms with E-state index in [-0.39, 0.29) is 17.7 Å². The molecule has 3 aliphatic rings. The van der Waals surface area contributed by atoms with Crippen LogP contribution in [0.3, 0.4) is 0 Å². The highest BCUT2D eigenvalue weighted by Gasteiger charge is 2.41. The van der Waals surface area contributed by atoms with Gasteiger partial charge in [-0.1, -0.05) is 24.3 Å². The van der Waals surface area contributed by atoms with E-state index in [2.05, 4.69) is 22.2 Å². The number of nitrogens with zero attached hydrogens (tertiary/aromatic N) is 4. The fraction of sp³-hybridized carbons (Fsp3) is 0.444. The predicted octanol–water partition coefficient (Wildman–Crippen LogP) is 1.82. The van der Waals surface area contributed by atoms with Crippen LogP contribution in [0.1, 0.15) is 39.1 Å². The first-order chi connectivity index (χ1) is 17.0. The zero-order valence-corrected chi connectivity index (χ0v) is 20.3. The smallest absolute Gasteiger partial charge is 0.256 e. The number of piperazine rings is 1. The maximum absolute atomic E-state index is 13.4. The first-order valence-electron chi connectivity index (χ1n) is 12.5. The number of benzene rings is 2. The Morgan fingerprint density at radius 1 is 0.971 bits per heavy atom. The third-order valence-electron chi connectivity index (χ3n) is 7.36. The SMILES string of the molecule is CN1CCN(CCNC(=O)c2ccc(CN3C(=O)C4CCCN4C(=O)c4ccccc43)cc2)CC1. The lowest BCUT2D eigenvalue weighted by Gasteiger charge is -2.32. The van der Waals surface area contributed by atoms with Crippen LogP contribution in [-0.2, 0) is 11.3 Å². The van der Waals surface area contributed by atoms with E-state index >= 15 is 0 Å². The number of likely N-dealkylation sites (N-methyl/N-ethyl adjacent to an activating group) is 1. The molecule has 2 saturated heterocycles. The molecule has 0 bridgehead atoms. The molecule has 8 heteroatoms. The second-order valence-corrected chi connectivity index (χ2v) is 9.70. The van der Waals surface area contributed by atoms with Crippen molar-refractivity contribution in [3.05, 3.63) is 65.2 Å². The van der Waals surface area contributed by atoms with Gasteiger partial charge in [0.15, 0.2) is 0 Å². The molecular formula is C27H33N5O3. The minimum Gasteiger partial charge on any atom is -0.351 e. The zero-order valence-electron chi connectivity index (χ0n) is 20.3. The van der Waals surface area contributed by atoms with Crippen molar-refractivity contribution in [2.45, 2.75) is 25.4 Å². The van der Waals surface area contributed by atoms with Crippen LogP contribution < -0.4 is 10.2 Å². The Bertz CT molecular complexity index is 1090. The van der Waals surface area contributed by atoms with Crippen LogP contribution in [0.15, 0.2) is 48.5 Å². The summed E-state index contributed by atoms with van der Waals surface area (Å²) in [5.41, 5.74) is 2.75. The number of amides is 3. The molecule has 2 aromatic rings. The average molecular weight is 476 g/mol. The van der Waals surface area contributed by atoms with Gasteiger partial charge < -0.3 is 20.0 Å². The van der Waals surface area contributed by atoms with Crippen molar-refractivity contribution in [3.8, 4) is 0 Å². The van der Waals surface area contributed by atoms with Crippen molar-refractivity contribution < 1.29 is 14.4 Å². The second-order valence-electron chi connectivity index (χ2n) is 9.70. The van der Waals surface area contributed by atoms with E-state index in [0.717, 1.165) is 44.7 Å². The molecular weight excluding hydrogens is 442 g/mol. The highest BCUT2D eigenvalue weighted by atomic mass is 16.2. The summed E-state index contributed by atoms with van der Waals surface area (Å²) in [4.78, 5) is 47.3. The van der Waals surface area contributed by atoms with Gasteiger partial charge in [-0.2, -0.15) is 0 Å². The lowest BCUT2D eigenvalue weighted by atomic mass is 10.1. The fourth-order valence-corrected chi connectivity index (χ4v) is 5.22. The topological polar surface area (TPSA) is 76.2 Å². The van der Waals surface area contributed by atoms with E-state index in [9.17, 15) is 14.4 Å². The van der Waals surface area contributed by atoms with Crippen molar-refractivity contribution >= 4 is 23.4 Å². The standard InChI is InChI=1S/C27H33N5O3/c1-29-15-17-30(18-16-29)14-12-28-25(33)21-10-8-20(9-11-21)19-32-23-6-3-2-5-22(23)26(34)31-13-4-7-24(31)27(32)35/h2-3,5-6,8-11,24H,4,7,12-19H2,1H3,(H,28,33). The number of rotatable bonds is 6. The van der Waals surface area contributed by atoms with Gasteiger partial charge in [0, 0.05) is 51.4 Å². The summed E-state index contributed by atoms with van der Waals surface area (Å²) in [5, 5.41) is 3.01. The molecule has 184 valence electrons. The lowest BCUT2D eigenvalue weighted by molar-refractivity contribution is -0.122. The second kappa shape index (κ2) is 10.2. The molecule has 2 aromatic carbocycles. The fourth-order valence-electron chi connectivity index (χ4n) is 5.22. The molecule has 1 atom stereocenters. The molecule has 0 spiro atoms. The first-order valence-corrected chi connectivity index (χ1v) is 12.5. The van der Waals surface area contributed by atoms with E-state index in [1.54, 1.807) is 15.9 Å². The monoisotopic (exact) mass is 475 g/mol. The number of carbonyl (C=O) groups excluding carboxylic acids is 3. The zero-order chi connectivity index (χ0) is 24.4. The number of hydrogen-bond donors (Lipinski definition) is 1. The first kappa shape index (κ1) is 23.5. The van der Waals surface area contributed by atoms with Gasteiger partial charge in [-0.15, -0.1) is 0 Å². The Hall–Kier alpha value is -3.23. The third-order valence-corrected chi connectivity index (χ3v) is 7.36. The van der Waals surface area contributed by atoms with Crippen molar-refractivity contribution in [1.82, 2.24) is 20.0 Å². The number of carbonyl (C=O) groups is 3. The van der Waals surface area contributed by atoms with E-state index in [4.69, 9.17) is 0 Å². The summed E-state index contributed by atoms with van der Waals surface area (Å²) in [6.45, 7) is 6.64. The molecule has 3 heterocycles. The normalized spacial score (nSPS) is 21.0. The lowest BCUT2D eigenvalue weighted by Crippen LogP contribution is -2.46. The van der Waals surface area contributed by atoms with Gasteiger partial charge in [0.2, 0.25) is 5.91 Å². The molecule has 1 unspecified atom stereocenters. The quantitative estimate of drug-likeness (QED) is 0.690. The number of anilines is 1. The van der Waals surface area contributed by atoms with Crippen LogP contribution >= 0.6 is 0 Å². The molecule has 35 heavy (non-hydrogen) atoms. The predicted molar refractivity (Wildman–Crippen MR) is 134 cm³/mol. The van der Waals surface area contributed by atoms with Crippen LogP contribution in [0.5, 0.6) is 0 Å². The van der Waals surface area contributed by atoms with E-state index in [0.29, 0.717) is 42.9 Å². The number of fused-ring (bicyclic) bond motifs is 2. The minimum absolute atomic E-state index is 0.0356. The van der Waals surface area contributed by atoms with Gasteiger partial charge in [0.25, 0.3) is 11.8 Å². The Balaban J connectivity index is 1.24. The van der Waals surface area contributed by atoms with Crippen LogP contribution in [0, 0.1) is 0 Å². The Labute approximate surface area is 206 Å². The van der Waals surface area contributed by atoms with Gasteiger partial charge >= 0.3 is 0 Å². The summed E-state index contributed by atoms with van der Waals surface area (Å²) < 4.78 is 0. The summed E-state index contributed by atoms with van der Waals surface area (Å²) in [7, 11) is 2.13. The van der Waals surface area contributed by atoms with Crippen molar-refractivity contribution in [2.75, 3.05) is 57.8 Å². The summed E-state index contributed by atoms with van der Waals surface area (Å²) >= 11 is 0. The molecule has 8 nitrogen and oxygen atoms in total. The van der Waals surface area contributed by atoms with Crippen molar-refractivity contribution in [2.24, 2.45) is 0 Å². The van der Waals surface area contributed by atoms with Crippen molar-refractivity contribution in [3.63, 3.8) is 0 Å². The summed E-state index contributed by atoms with van der Waals surface area (Å²) in [5.74, 6) is -0.192. The van der Waals surface area contributed by atoms with E-state index in [1.165, 1.54) is 0 Å². The summed E-state index contributed by atoms with van der Waals surface area (Å²) in [6.07, 6.45) is 1.54. The molecule has 3 amide bonds. The number of para-hydroxylation sites is 1. The molecule has 0 saturated carbocycles. The summed E-state index contributed by atoms with van der Waals surface area (Å²) in [6, 6.07) is 14.3. The largest absolute Gasteiger partial charge is 0.351 e. The average Bonchev–Trinajstić information content (AvgIpc) is 3.35. The van der Waals surface area contributed by atoms with Gasteiger partial charge in [-0.3, -0.25) is 19.3 Å². The van der Waals surface area contributed by atoms with Gasteiger partial charge in [-0.25, -0.2) is 0 Å². The maximum atomic E-state index is 13.4. The van der Waals surface area contributed by atoms with Crippen LogP contribution in [-0.4, -0.2) is 91.3 Å². The van der Waals surface area contributed by atoms with Gasteiger partial charge in [0.05, 0.1) is 17.8 Å². The Morgan fingerprint density at radius 2 is 1.71 bits per heavy atom. The Kier molecular flexibility index (Phi) is 6.83. The van der Waals surface area contributed by atoms with E-state index < -0.39 is 6.04 Å². The van der Waals surface area contributed by atoms with E-state index in [1.807, 2.05) is 42.5 Å². The Morgan fingerprint density at radius 3 is 2.49 bits per heavy atom. The molecule has 1 N–H and O–H groups in total. The highest BCUT2D eigenvalue weighted by molar-refractivity contribution is 6.11. The molecule has 3 aliphatic heterocycles. The van der Waals surface area contributed by atoms with Gasteiger partial charge in [-0.05, 0) is 49.7 Å². The third kappa shape index (κ3) is 4.94. The minimum atomic E-state index is -0.403. The van der Waals surface area contributed by atoms with Crippen LogP contribution in [0.2, 0.25) is 0 Å². The number of hydrogen-bond acceptors (Lipinski definition) is 5. The molecule has 0 aromatic heterocycles. The molecule has 2 fully saturated rings. The molecule has 0 radical (unpaired) electrons. The maximum Gasteiger partial charge on any atom is 0.256 e. The molecule has 5 rings (SSSR count). The van der Waals surface area contributed by atoms with Crippen molar-refractivity contribution in [1.29, 1.82) is 0 Å².